The molecule has 0 radical (unpaired) electrons. The van der Waals surface area contributed by atoms with E-state index in [-0.39, 0.29) is 18.3 Å². The number of amides is 2. The molecule has 0 aliphatic heterocycles. The second-order valence-corrected chi connectivity index (χ2v) is 5.59. The van der Waals surface area contributed by atoms with E-state index >= 15 is 0 Å². The molecule has 18 heavy (non-hydrogen) atoms. The molecule has 0 aliphatic rings. The molecular formula is C12H16Cl2N2O2. The van der Waals surface area contributed by atoms with E-state index in [1.807, 2.05) is 20.8 Å². The lowest BCUT2D eigenvalue weighted by molar-refractivity contribution is 0.216. The van der Waals surface area contributed by atoms with Crippen LogP contribution in [-0.2, 0) is 0 Å². The molecule has 0 fully saturated rings. The SMILES string of the molecule is CC(C)(C)NC(=O)NCOc1ccc(Cl)cc1Cl. The van der Waals surface area contributed by atoms with Crippen molar-refractivity contribution in [3.8, 4) is 5.75 Å². The van der Waals surface area contributed by atoms with Crippen LogP contribution in [0.1, 0.15) is 20.8 Å². The van der Waals surface area contributed by atoms with Crippen molar-refractivity contribution < 1.29 is 9.53 Å². The Morgan fingerprint density at radius 1 is 1.33 bits per heavy atom. The third kappa shape index (κ3) is 5.47. The second-order valence-electron chi connectivity index (χ2n) is 4.74. The fourth-order valence-electron chi connectivity index (χ4n) is 1.16. The smallest absolute Gasteiger partial charge is 0.317 e. The largest absolute Gasteiger partial charge is 0.472 e. The number of ether oxygens (including phenoxy) is 1. The minimum atomic E-state index is -0.299. The van der Waals surface area contributed by atoms with Crippen LogP contribution in [0.5, 0.6) is 5.75 Å². The van der Waals surface area contributed by atoms with E-state index in [0.29, 0.717) is 15.8 Å². The van der Waals surface area contributed by atoms with Crippen molar-refractivity contribution in [2.24, 2.45) is 0 Å². The number of nitrogens with one attached hydrogen (secondary N) is 2. The van der Waals surface area contributed by atoms with Crippen LogP contribution in [0.4, 0.5) is 4.79 Å². The molecule has 4 nitrogen and oxygen atoms in total. The average molecular weight is 291 g/mol. The maximum absolute atomic E-state index is 11.4. The van der Waals surface area contributed by atoms with Gasteiger partial charge in [0.15, 0.2) is 6.73 Å². The highest BCUT2D eigenvalue weighted by molar-refractivity contribution is 6.35. The van der Waals surface area contributed by atoms with Crippen LogP contribution in [-0.4, -0.2) is 18.3 Å². The molecule has 2 N–H and O–H groups in total. The minimum Gasteiger partial charge on any atom is -0.472 e. The average Bonchev–Trinajstić information content (AvgIpc) is 2.18. The summed E-state index contributed by atoms with van der Waals surface area (Å²) in [5.41, 5.74) is -0.290. The van der Waals surface area contributed by atoms with Crippen LogP contribution in [0, 0.1) is 0 Å². The van der Waals surface area contributed by atoms with E-state index in [4.69, 9.17) is 27.9 Å². The summed E-state index contributed by atoms with van der Waals surface area (Å²) < 4.78 is 5.31. The first-order chi connectivity index (χ1) is 8.28. The molecule has 0 heterocycles. The minimum absolute atomic E-state index is 0.0310. The lowest BCUT2D eigenvalue weighted by Gasteiger charge is -2.20. The van der Waals surface area contributed by atoms with Crippen molar-refractivity contribution in [3.63, 3.8) is 0 Å². The lowest BCUT2D eigenvalue weighted by atomic mass is 10.1. The molecule has 6 heteroatoms. The van der Waals surface area contributed by atoms with Gasteiger partial charge in [-0.2, -0.15) is 0 Å². The zero-order valence-corrected chi connectivity index (χ0v) is 12.0. The highest BCUT2D eigenvalue weighted by Crippen LogP contribution is 2.27. The molecule has 2 amide bonds. The zero-order chi connectivity index (χ0) is 13.8. The summed E-state index contributed by atoms with van der Waals surface area (Å²) in [5.74, 6) is 0.470. The van der Waals surface area contributed by atoms with Crippen molar-refractivity contribution >= 4 is 29.2 Å². The summed E-state index contributed by atoms with van der Waals surface area (Å²) in [7, 11) is 0. The molecule has 100 valence electrons. The predicted molar refractivity (Wildman–Crippen MR) is 73.4 cm³/mol. The Hall–Kier alpha value is -1.13. The Morgan fingerprint density at radius 2 is 2.00 bits per heavy atom. The number of urea groups is 1. The first-order valence-corrected chi connectivity index (χ1v) is 6.17. The molecule has 0 spiro atoms. The van der Waals surface area contributed by atoms with Crippen LogP contribution in [0.15, 0.2) is 18.2 Å². The highest BCUT2D eigenvalue weighted by atomic mass is 35.5. The Balaban J connectivity index is 2.40. The van der Waals surface area contributed by atoms with Crippen molar-refractivity contribution in [2.75, 3.05) is 6.73 Å². The van der Waals surface area contributed by atoms with E-state index < -0.39 is 0 Å². The van der Waals surface area contributed by atoms with Gasteiger partial charge in [0.05, 0.1) is 5.02 Å². The molecule has 0 bridgehead atoms. The number of carbonyl (C=O) groups excluding carboxylic acids is 1. The molecule has 0 atom stereocenters. The van der Waals surface area contributed by atoms with Gasteiger partial charge in [0.2, 0.25) is 0 Å². The standard InChI is InChI=1S/C12H16Cl2N2O2/c1-12(2,3)16-11(17)15-7-18-10-5-4-8(13)6-9(10)14/h4-6H,7H2,1-3H3,(H2,15,16,17). The van der Waals surface area contributed by atoms with Crippen LogP contribution in [0.3, 0.4) is 0 Å². The molecule has 0 aliphatic carbocycles. The number of hydrogen-bond donors (Lipinski definition) is 2. The third-order valence-electron chi connectivity index (χ3n) is 1.84. The molecule has 0 saturated carbocycles. The van der Waals surface area contributed by atoms with Gasteiger partial charge < -0.3 is 15.4 Å². The highest BCUT2D eigenvalue weighted by Gasteiger charge is 2.13. The summed E-state index contributed by atoms with van der Waals surface area (Å²) in [6, 6.07) is 4.59. The van der Waals surface area contributed by atoms with E-state index in [0.717, 1.165) is 0 Å². The van der Waals surface area contributed by atoms with Crippen molar-refractivity contribution in [3.05, 3.63) is 28.2 Å². The molecule has 0 saturated heterocycles. The lowest BCUT2D eigenvalue weighted by Crippen LogP contribution is -2.47. The van der Waals surface area contributed by atoms with E-state index in [1.165, 1.54) is 0 Å². The monoisotopic (exact) mass is 290 g/mol. The van der Waals surface area contributed by atoms with Gasteiger partial charge in [-0.05, 0) is 39.0 Å². The fraction of sp³-hybridized carbons (Fsp3) is 0.417. The van der Waals surface area contributed by atoms with E-state index in [9.17, 15) is 4.79 Å². The number of hydrogen-bond acceptors (Lipinski definition) is 2. The summed E-state index contributed by atoms with van der Waals surface area (Å²) >= 11 is 11.7. The molecule has 0 aromatic heterocycles. The van der Waals surface area contributed by atoms with Crippen LogP contribution >= 0.6 is 23.2 Å². The number of benzene rings is 1. The number of halogens is 2. The molecule has 0 unspecified atom stereocenters. The number of rotatable bonds is 3. The molecule has 1 aromatic carbocycles. The summed E-state index contributed by atoms with van der Waals surface area (Å²) in [6.07, 6.45) is 0. The maximum Gasteiger partial charge on any atom is 0.317 e. The van der Waals surface area contributed by atoms with Crippen LogP contribution in [0.2, 0.25) is 10.0 Å². The van der Waals surface area contributed by atoms with Gasteiger partial charge >= 0.3 is 6.03 Å². The Morgan fingerprint density at radius 3 is 2.56 bits per heavy atom. The zero-order valence-electron chi connectivity index (χ0n) is 10.5. The number of carbonyl (C=O) groups is 1. The van der Waals surface area contributed by atoms with E-state index in [1.54, 1.807) is 18.2 Å². The summed E-state index contributed by atoms with van der Waals surface area (Å²) in [4.78, 5) is 11.4. The Bertz CT molecular complexity index is 431. The van der Waals surface area contributed by atoms with Gasteiger partial charge in [-0.1, -0.05) is 23.2 Å². The third-order valence-corrected chi connectivity index (χ3v) is 2.37. The normalized spacial score (nSPS) is 10.9. The predicted octanol–water partition coefficient (Wildman–Crippen LogP) is 3.43. The topological polar surface area (TPSA) is 50.4 Å². The van der Waals surface area contributed by atoms with Crippen molar-refractivity contribution in [1.29, 1.82) is 0 Å². The van der Waals surface area contributed by atoms with E-state index in [2.05, 4.69) is 10.6 Å². The van der Waals surface area contributed by atoms with Crippen LogP contribution < -0.4 is 15.4 Å². The summed E-state index contributed by atoms with van der Waals surface area (Å²) in [5, 5.41) is 6.25. The van der Waals surface area contributed by atoms with Crippen LogP contribution in [0.25, 0.3) is 0 Å². The molecule has 1 rings (SSSR count). The van der Waals surface area contributed by atoms with Gasteiger partial charge in [0, 0.05) is 10.6 Å². The Labute approximate surface area is 117 Å². The fourth-order valence-corrected chi connectivity index (χ4v) is 1.62. The first-order valence-electron chi connectivity index (χ1n) is 5.42. The Kier molecular flexibility index (Phi) is 5.11. The quantitative estimate of drug-likeness (QED) is 0.838. The van der Waals surface area contributed by atoms with Gasteiger partial charge in [0.1, 0.15) is 5.75 Å². The maximum atomic E-state index is 11.4. The van der Waals surface area contributed by atoms with Crippen molar-refractivity contribution in [1.82, 2.24) is 10.6 Å². The van der Waals surface area contributed by atoms with Gasteiger partial charge in [-0.15, -0.1) is 0 Å². The van der Waals surface area contributed by atoms with Gasteiger partial charge in [-0.3, -0.25) is 0 Å². The first kappa shape index (κ1) is 14.9. The summed E-state index contributed by atoms with van der Waals surface area (Å²) in [6.45, 7) is 5.71. The second kappa shape index (κ2) is 6.16. The molecule has 1 aromatic rings. The molecular weight excluding hydrogens is 275 g/mol. The van der Waals surface area contributed by atoms with Crippen molar-refractivity contribution in [2.45, 2.75) is 26.3 Å². The van der Waals surface area contributed by atoms with Gasteiger partial charge in [0.25, 0.3) is 0 Å². The van der Waals surface area contributed by atoms with Gasteiger partial charge in [-0.25, -0.2) is 4.79 Å².